The van der Waals surface area contributed by atoms with Gasteiger partial charge in [0.1, 0.15) is 0 Å². The molecule has 0 aromatic heterocycles. The number of halogens is 1. The predicted molar refractivity (Wildman–Crippen MR) is 78.2 cm³/mol. The highest BCUT2D eigenvalue weighted by Gasteiger charge is 2.06. The molecule has 0 fully saturated rings. The Bertz CT molecular complexity index is 510. The van der Waals surface area contributed by atoms with Gasteiger partial charge in [0.25, 0.3) is 0 Å². The summed E-state index contributed by atoms with van der Waals surface area (Å²) >= 11 is 3.42. The van der Waals surface area contributed by atoms with Gasteiger partial charge in [-0.2, -0.15) is 0 Å². The molecule has 2 rings (SSSR count). The van der Waals surface area contributed by atoms with Crippen LogP contribution in [0.1, 0.15) is 24.2 Å². The molecule has 0 heterocycles. The zero-order chi connectivity index (χ0) is 13.0. The molecule has 2 aromatic carbocycles. The molecule has 1 atom stereocenters. The van der Waals surface area contributed by atoms with Crippen LogP contribution in [0.15, 0.2) is 53.0 Å². The number of nitrogen functional groups attached to an aromatic ring is 1. The van der Waals surface area contributed by atoms with Crippen molar-refractivity contribution in [2.45, 2.75) is 19.6 Å². The van der Waals surface area contributed by atoms with Crippen LogP contribution in [0.3, 0.4) is 0 Å². The fourth-order valence-electron chi connectivity index (χ4n) is 1.71. The van der Waals surface area contributed by atoms with Crippen LogP contribution in [-0.4, -0.2) is 0 Å². The van der Waals surface area contributed by atoms with E-state index < -0.39 is 0 Å². The predicted octanol–water partition coefficient (Wildman–Crippen LogP) is 4.31. The lowest BCUT2D eigenvalue weighted by Gasteiger charge is -2.14. The van der Waals surface area contributed by atoms with Crippen molar-refractivity contribution >= 4 is 21.6 Å². The van der Waals surface area contributed by atoms with E-state index in [4.69, 9.17) is 10.5 Å². The second-order valence-corrected chi connectivity index (χ2v) is 5.17. The first-order chi connectivity index (χ1) is 8.65. The van der Waals surface area contributed by atoms with Crippen LogP contribution in [0.5, 0.6) is 0 Å². The van der Waals surface area contributed by atoms with E-state index in [2.05, 4.69) is 28.1 Å². The smallest absolute Gasteiger partial charge is 0.0802 e. The molecule has 18 heavy (non-hydrogen) atoms. The second-order valence-electron chi connectivity index (χ2n) is 4.25. The zero-order valence-electron chi connectivity index (χ0n) is 10.3. The van der Waals surface area contributed by atoms with E-state index in [0.717, 1.165) is 21.3 Å². The maximum Gasteiger partial charge on any atom is 0.0802 e. The number of ether oxygens (including phenoxy) is 1. The minimum atomic E-state index is 0.0390. The van der Waals surface area contributed by atoms with Gasteiger partial charge in [-0.3, -0.25) is 0 Å². The molecule has 0 amide bonds. The molecular weight excluding hydrogens is 290 g/mol. The molecular formula is C15H16BrNO. The van der Waals surface area contributed by atoms with Crippen LogP contribution in [0.2, 0.25) is 0 Å². The Labute approximate surface area is 116 Å². The van der Waals surface area contributed by atoms with Gasteiger partial charge in [0.2, 0.25) is 0 Å². The maximum atomic E-state index is 5.84. The van der Waals surface area contributed by atoms with Crippen molar-refractivity contribution in [2.75, 3.05) is 5.73 Å². The lowest BCUT2D eigenvalue weighted by Crippen LogP contribution is -2.01. The SMILES string of the molecule is CC(OCc1ccc(Br)cc1)c1cccc(N)c1. The third kappa shape index (κ3) is 3.59. The Kier molecular flexibility index (Phi) is 4.39. The van der Waals surface area contributed by atoms with E-state index >= 15 is 0 Å². The molecule has 0 bridgehead atoms. The van der Waals surface area contributed by atoms with Crippen molar-refractivity contribution in [3.63, 3.8) is 0 Å². The van der Waals surface area contributed by atoms with Crippen molar-refractivity contribution in [3.8, 4) is 0 Å². The summed E-state index contributed by atoms with van der Waals surface area (Å²) in [6.45, 7) is 2.64. The zero-order valence-corrected chi connectivity index (χ0v) is 11.9. The Morgan fingerprint density at radius 2 is 1.89 bits per heavy atom. The van der Waals surface area contributed by atoms with Crippen LogP contribution >= 0.6 is 15.9 Å². The highest BCUT2D eigenvalue weighted by molar-refractivity contribution is 9.10. The summed E-state index contributed by atoms with van der Waals surface area (Å²) in [5.41, 5.74) is 8.79. The monoisotopic (exact) mass is 305 g/mol. The van der Waals surface area contributed by atoms with Gasteiger partial charge >= 0.3 is 0 Å². The molecule has 3 heteroatoms. The highest BCUT2D eigenvalue weighted by atomic mass is 79.9. The maximum absolute atomic E-state index is 5.84. The number of anilines is 1. The lowest BCUT2D eigenvalue weighted by molar-refractivity contribution is 0.0526. The van der Waals surface area contributed by atoms with Gasteiger partial charge in [0, 0.05) is 10.2 Å². The topological polar surface area (TPSA) is 35.2 Å². The fourth-order valence-corrected chi connectivity index (χ4v) is 1.97. The van der Waals surface area contributed by atoms with Gasteiger partial charge in [-0.1, -0.05) is 40.2 Å². The summed E-state index contributed by atoms with van der Waals surface area (Å²) in [6.07, 6.45) is 0.0390. The van der Waals surface area contributed by atoms with Crippen molar-refractivity contribution in [2.24, 2.45) is 0 Å². The van der Waals surface area contributed by atoms with Crippen molar-refractivity contribution < 1.29 is 4.74 Å². The minimum Gasteiger partial charge on any atom is -0.399 e. The molecule has 0 radical (unpaired) electrons. The van der Waals surface area contributed by atoms with Crippen LogP contribution in [0.4, 0.5) is 5.69 Å². The number of benzene rings is 2. The first-order valence-electron chi connectivity index (χ1n) is 5.86. The highest BCUT2D eigenvalue weighted by Crippen LogP contribution is 2.21. The van der Waals surface area contributed by atoms with E-state index in [1.807, 2.05) is 43.3 Å². The van der Waals surface area contributed by atoms with Gasteiger partial charge < -0.3 is 10.5 Å². The molecule has 0 saturated carbocycles. The quantitative estimate of drug-likeness (QED) is 0.854. The van der Waals surface area contributed by atoms with Gasteiger partial charge in [0.15, 0.2) is 0 Å². The molecule has 0 aliphatic heterocycles. The molecule has 0 spiro atoms. The number of hydrogen-bond acceptors (Lipinski definition) is 2. The number of rotatable bonds is 4. The fraction of sp³-hybridized carbons (Fsp3) is 0.200. The summed E-state index contributed by atoms with van der Waals surface area (Å²) in [5.74, 6) is 0. The number of hydrogen-bond donors (Lipinski definition) is 1. The van der Waals surface area contributed by atoms with Gasteiger partial charge in [-0.15, -0.1) is 0 Å². The van der Waals surface area contributed by atoms with E-state index in [1.165, 1.54) is 0 Å². The summed E-state index contributed by atoms with van der Waals surface area (Å²) in [5, 5.41) is 0. The molecule has 0 aliphatic rings. The largest absolute Gasteiger partial charge is 0.399 e. The Morgan fingerprint density at radius 1 is 1.17 bits per heavy atom. The molecule has 2 aromatic rings. The number of nitrogens with two attached hydrogens (primary N) is 1. The first kappa shape index (κ1) is 13.1. The average Bonchev–Trinajstić information content (AvgIpc) is 2.38. The van der Waals surface area contributed by atoms with Crippen LogP contribution in [0.25, 0.3) is 0 Å². The molecule has 0 aliphatic carbocycles. The van der Waals surface area contributed by atoms with Gasteiger partial charge in [-0.05, 0) is 42.3 Å². The van der Waals surface area contributed by atoms with Crippen molar-refractivity contribution in [1.82, 2.24) is 0 Å². The van der Waals surface area contributed by atoms with Gasteiger partial charge in [0.05, 0.1) is 12.7 Å². The molecule has 2 N–H and O–H groups in total. The average molecular weight is 306 g/mol. The summed E-state index contributed by atoms with van der Waals surface area (Å²) in [7, 11) is 0. The Hall–Kier alpha value is -1.32. The lowest BCUT2D eigenvalue weighted by atomic mass is 10.1. The van der Waals surface area contributed by atoms with E-state index in [-0.39, 0.29) is 6.10 Å². The summed E-state index contributed by atoms with van der Waals surface area (Å²) in [4.78, 5) is 0. The Morgan fingerprint density at radius 3 is 2.56 bits per heavy atom. The van der Waals surface area contributed by atoms with Crippen molar-refractivity contribution in [3.05, 3.63) is 64.1 Å². The van der Waals surface area contributed by atoms with Crippen molar-refractivity contribution in [1.29, 1.82) is 0 Å². The normalized spacial score (nSPS) is 12.3. The second kappa shape index (κ2) is 6.03. The summed E-state index contributed by atoms with van der Waals surface area (Å²) < 4.78 is 6.92. The molecule has 94 valence electrons. The molecule has 1 unspecified atom stereocenters. The molecule has 2 nitrogen and oxygen atoms in total. The van der Waals surface area contributed by atoms with Crippen LogP contribution in [-0.2, 0) is 11.3 Å². The summed E-state index contributed by atoms with van der Waals surface area (Å²) in [6, 6.07) is 15.9. The minimum absolute atomic E-state index is 0.0390. The van der Waals surface area contributed by atoms with Gasteiger partial charge in [-0.25, -0.2) is 0 Å². The first-order valence-corrected chi connectivity index (χ1v) is 6.66. The third-order valence-electron chi connectivity index (χ3n) is 2.79. The van der Waals surface area contributed by atoms with Crippen LogP contribution < -0.4 is 5.73 Å². The standard InChI is InChI=1S/C15H16BrNO/c1-11(13-3-2-4-15(17)9-13)18-10-12-5-7-14(16)8-6-12/h2-9,11H,10,17H2,1H3. The van der Waals surface area contributed by atoms with E-state index in [0.29, 0.717) is 6.61 Å². The molecule has 0 saturated heterocycles. The van der Waals surface area contributed by atoms with E-state index in [9.17, 15) is 0 Å². The Balaban J connectivity index is 1.96. The van der Waals surface area contributed by atoms with E-state index in [1.54, 1.807) is 0 Å². The third-order valence-corrected chi connectivity index (χ3v) is 3.32. The van der Waals surface area contributed by atoms with Crippen LogP contribution in [0, 0.1) is 0 Å².